The van der Waals surface area contributed by atoms with Gasteiger partial charge in [-0.25, -0.2) is 0 Å². The average Bonchev–Trinajstić information content (AvgIpc) is 2.62. The molecule has 0 aliphatic heterocycles. The summed E-state index contributed by atoms with van der Waals surface area (Å²) in [6, 6.07) is 15.0. The molecular weight excluding hydrogens is 396 g/mol. The number of anilines is 1. The third-order valence-corrected chi connectivity index (χ3v) is 5.61. The van der Waals surface area contributed by atoms with E-state index in [1.807, 2.05) is 24.3 Å². The number of benzene rings is 2. The molecular formula is C19H18N4O3S2. The highest BCUT2D eigenvalue weighted by atomic mass is 32.2. The summed E-state index contributed by atoms with van der Waals surface area (Å²) >= 11 is 1.26. The Labute approximate surface area is 168 Å². The van der Waals surface area contributed by atoms with Crippen molar-refractivity contribution in [2.45, 2.75) is 40.9 Å². The van der Waals surface area contributed by atoms with Gasteiger partial charge in [0.1, 0.15) is 12.1 Å². The fraction of sp³-hybridized carbons (Fsp3) is 0.211. The van der Waals surface area contributed by atoms with Crippen LogP contribution in [0.25, 0.3) is 0 Å². The summed E-state index contributed by atoms with van der Waals surface area (Å²) in [6.45, 7) is 6.31. The first-order valence-electron chi connectivity index (χ1n) is 8.08. The zero-order valence-corrected chi connectivity index (χ0v) is 17.1. The molecule has 0 unspecified atom stereocenters. The summed E-state index contributed by atoms with van der Waals surface area (Å²) in [5.41, 5.74) is 3.77. The van der Waals surface area contributed by atoms with Crippen molar-refractivity contribution in [2.75, 3.05) is 5.43 Å². The van der Waals surface area contributed by atoms with Gasteiger partial charge in [-0.05, 0) is 41.3 Å². The molecule has 2 aromatic carbocycles. The van der Waals surface area contributed by atoms with Crippen LogP contribution in [0.1, 0.15) is 26.3 Å². The minimum Gasteiger partial charge on any atom is -0.282 e. The summed E-state index contributed by atoms with van der Waals surface area (Å²) < 4.78 is 32.3. The lowest BCUT2D eigenvalue weighted by molar-refractivity contribution is 0.483. The van der Waals surface area contributed by atoms with E-state index in [0.29, 0.717) is 10.6 Å². The zero-order valence-electron chi connectivity index (χ0n) is 15.5. The third-order valence-electron chi connectivity index (χ3n) is 3.70. The summed E-state index contributed by atoms with van der Waals surface area (Å²) in [7, 11) is -4.38. The Kier molecular flexibility index (Phi) is 6.47. The molecule has 9 heteroatoms. The van der Waals surface area contributed by atoms with E-state index in [0.717, 1.165) is 10.5 Å². The van der Waals surface area contributed by atoms with Crippen LogP contribution in [0.3, 0.4) is 0 Å². The van der Waals surface area contributed by atoms with Crippen molar-refractivity contribution >= 4 is 33.3 Å². The normalized spacial score (nSPS) is 11.2. The molecule has 0 aromatic heterocycles. The predicted molar refractivity (Wildman–Crippen MR) is 108 cm³/mol. The number of nitrogens with one attached hydrogen (secondary N) is 1. The van der Waals surface area contributed by atoms with Crippen molar-refractivity contribution in [3.63, 3.8) is 0 Å². The molecule has 0 aliphatic carbocycles. The van der Waals surface area contributed by atoms with Crippen molar-refractivity contribution in [2.24, 2.45) is 5.10 Å². The van der Waals surface area contributed by atoms with Gasteiger partial charge in [0.15, 0.2) is 0 Å². The summed E-state index contributed by atoms with van der Waals surface area (Å²) in [4.78, 5) is 1.03. The first-order valence-corrected chi connectivity index (χ1v) is 10.3. The molecule has 0 atom stereocenters. The topological polar surface area (TPSA) is 126 Å². The van der Waals surface area contributed by atoms with Crippen molar-refractivity contribution in [3.8, 4) is 12.1 Å². The van der Waals surface area contributed by atoms with Gasteiger partial charge in [0, 0.05) is 9.79 Å². The molecule has 144 valence electrons. The Hall–Kier alpha value is -2.85. The minimum absolute atomic E-state index is 0.000496. The van der Waals surface area contributed by atoms with Crippen molar-refractivity contribution in [3.05, 3.63) is 48.0 Å². The van der Waals surface area contributed by atoms with Gasteiger partial charge in [0.05, 0.1) is 10.6 Å². The van der Waals surface area contributed by atoms with E-state index in [-0.39, 0.29) is 16.0 Å². The Morgan fingerprint density at radius 2 is 1.71 bits per heavy atom. The van der Waals surface area contributed by atoms with Crippen LogP contribution >= 0.6 is 11.8 Å². The molecule has 0 saturated carbocycles. The van der Waals surface area contributed by atoms with E-state index in [4.69, 9.17) is 10.5 Å². The van der Waals surface area contributed by atoms with Crippen LogP contribution in [0.5, 0.6) is 0 Å². The molecule has 7 nitrogen and oxygen atoms in total. The largest absolute Gasteiger partial charge is 0.294 e. The van der Waals surface area contributed by atoms with Crippen molar-refractivity contribution in [1.29, 1.82) is 10.5 Å². The van der Waals surface area contributed by atoms with Gasteiger partial charge in [0.2, 0.25) is 5.71 Å². The first-order chi connectivity index (χ1) is 13.0. The van der Waals surface area contributed by atoms with Gasteiger partial charge in [-0.1, -0.05) is 44.7 Å². The number of nitrogens with zero attached hydrogens (tertiary/aromatic N) is 3. The van der Waals surface area contributed by atoms with E-state index in [2.05, 4.69) is 31.3 Å². The maximum absolute atomic E-state index is 11.5. The van der Waals surface area contributed by atoms with Gasteiger partial charge in [0.25, 0.3) is 10.1 Å². The van der Waals surface area contributed by atoms with E-state index in [1.165, 1.54) is 30.0 Å². The lowest BCUT2D eigenvalue weighted by Gasteiger charge is -2.19. The van der Waals surface area contributed by atoms with Crippen LogP contribution in [-0.2, 0) is 15.5 Å². The molecule has 0 amide bonds. The highest BCUT2D eigenvalue weighted by Crippen LogP contribution is 2.36. The summed E-state index contributed by atoms with van der Waals surface area (Å²) in [5, 5.41) is 21.3. The van der Waals surface area contributed by atoms with Gasteiger partial charge in [-0.2, -0.15) is 24.0 Å². The fourth-order valence-corrected chi connectivity index (χ4v) is 3.70. The lowest BCUT2D eigenvalue weighted by Crippen LogP contribution is -2.10. The third kappa shape index (κ3) is 5.57. The molecule has 28 heavy (non-hydrogen) atoms. The second-order valence-electron chi connectivity index (χ2n) is 6.81. The van der Waals surface area contributed by atoms with Crippen molar-refractivity contribution in [1.82, 2.24) is 0 Å². The summed E-state index contributed by atoms with van der Waals surface area (Å²) in [5.74, 6) is 0. The molecule has 0 radical (unpaired) electrons. The maximum Gasteiger partial charge on any atom is 0.294 e. The molecule has 2 N–H and O–H groups in total. The molecule has 0 aliphatic rings. The number of hydrogen-bond donors (Lipinski definition) is 2. The van der Waals surface area contributed by atoms with E-state index >= 15 is 0 Å². The predicted octanol–water partition coefficient (Wildman–Crippen LogP) is 4.20. The van der Waals surface area contributed by atoms with Gasteiger partial charge < -0.3 is 0 Å². The van der Waals surface area contributed by atoms with Crippen LogP contribution < -0.4 is 5.43 Å². The monoisotopic (exact) mass is 414 g/mol. The highest BCUT2D eigenvalue weighted by Gasteiger charge is 2.16. The van der Waals surface area contributed by atoms with Crippen LogP contribution in [0.15, 0.2) is 62.3 Å². The smallest absolute Gasteiger partial charge is 0.282 e. The molecule has 0 heterocycles. The Morgan fingerprint density at radius 1 is 1.11 bits per heavy atom. The quantitative estimate of drug-likeness (QED) is 0.426. The first kappa shape index (κ1) is 21.5. The SMILES string of the molecule is CC(C)(C)c1ccc(Sc2cc(S(=O)(=O)O)ccc2NN=C(C#N)C#N)cc1. The Balaban J connectivity index is 2.43. The summed E-state index contributed by atoms with van der Waals surface area (Å²) in [6.07, 6.45) is 0. The second kappa shape index (κ2) is 8.44. The molecule has 0 bridgehead atoms. The Bertz CT molecular complexity index is 1070. The highest BCUT2D eigenvalue weighted by molar-refractivity contribution is 7.99. The van der Waals surface area contributed by atoms with Gasteiger partial charge in [-0.15, -0.1) is 0 Å². The molecule has 0 saturated heterocycles. The van der Waals surface area contributed by atoms with Gasteiger partial charge in [-0.3, -0.25) is 9.98 Å². The van der Waals surface area contributed by atoms with E-state index in [9.17, 15) is 13.0 Å². The molecule has 2 aromatic rings. The van der Waals surface area contributed by atoms with Gasteiger partial charge >= 0.3 is 0 Å². The lowest BCUT2D eigenvalue weighted by atomic mass is 9.87. The molecule has 0 spiro atoms. The average molecular weight is 415 g/mol. The number of rotatable bonds is 5. The molecule has 2 rings (SSSR count). The Morgan fingerprint density at radius 3 is 2.21 bits per heavy atom. The van der Waals surface area contributed by atoms with Crippen LogP contribution in [0.2, 0.25) is 0 Å². The maximum atomic E-state index is 11.5. The second-order valence-corrected chi connectivity index (χ2v) is 9.34. The zero-order chi connectivity index (χ0) is 20.9. The van der Waals surface area contributed by atoms with Crippen LogP contribution in [-0.4, -0.2) is 18.7 Å². The standard InChI is InChI=1S/C19H18N4O3S2/c1-19(2,3)13-4-6-15(7-5-13)27-18-10-16(28(24,25)26)8-9-17(18)23-22-14(11-20)12-21/h4-10,23H,1-3H3,(H,24,25,26). The minimum atomic E-state index is -4.38. The number of hydrogen-bond acceptors (Lipinski definition) is 7. The van der Waals surface area contributed by atoms with Crippen molar-refractivity contribution < 1.29 is 13.0 Å². The number of nitriles is 2. The molecule has 0 fully saturated rings. The van der Waals surface area contributed by atoms with Crippen LogP contribution in [0, 0.1) is 22.7 Å². The van der Waals surface area contributed by atoms with E-state index in [1.54, 1.807) is 12.1 Å². The van der Waals surface area contributed by atoms with Crippen LogP contribution in [0.4, 0.5) is 5.69 Å². The van der Waals surface area contributed by atoms with E-state index < -0.39 is 10.1 Å². The number of hydrazone groups is 1. The fourth-order valence-electron chi connectivity index (χ4n) is 2.18.